The smallest absolute Gasteiger partial charge is 0.153 e. The highest BCUT2D eigenvalue weighted by molar-refractivity contribution is 5.04. The standard InChI is InChI=1S/C15H22N6/c1-3-14-18-15(20-19-14)12-4-8-21(9-5-12)11(2)13-10-16-6-7-17-13/h6-7,10-12H,3-5,8-9H2,1-2H3,(H,18,19,20). The molecule has 0 spiro atoms. The summed E-state index contributed by atoms with van der Waals surface area (Å²) in [6.45, 7) is 6.40. The van der Waals surface area contributed by atoms with Crippen LogP contribution >= 0.6 is 0 Å². The van der Waals surface area contributed by atoms with E-state index in [2.05, 4.69) is 43.9 Å². The average molecular weight is 286 g/mol. The molecule has 0 bridgehead atoms. The summed E-state index contributed by atoms with van der Waals surface area (Å²) in [5, 5.41) is 7.38. The first-order valence-electron chi connectivity index (χ1n) is 7.69. The third-order valence-electron chi connectivity index (χ3n) is 4.34. The number of aromatic amines is 1. The predicted octanol–water partition coefficient (Wildman–Crippen LogP) is 2.10. The maximum atomic E-state index is 4.57. The van der Waals surface area contributed by atoms with Gasteiger partial charge < -0.3 is 0 Å². The molecule has 1 fully saturated rings. The Labute approximate surface area is 125 Å². The minimum absolute atomic E-state index is 0.318. The van der Waals surface area contributed by atoms with Crippen LogP contribution in [0.4, 0.5) is 0 Å². The fraction of sp³-hybridized carbons (Fsp3) is 0.600. The van der Waals surface area contributed by atoms with Gasteiger partial charge in [-0.2, -0.15) is 5.10 Å². The monoisotopic (exact) mass is 286 g/mol. The van der Waals surface area contributed by atoms with Gasteiger partial charge in [0.15, 0.2) is 5.82 Å². The molecule has 0 radical (unpaired) electrons. The molecular formula is C15H22N6. The molecule has 1 N–H and O–H groups in total. The molecular weight excluding hydrogens is 264 g/mol. The Bertz CT molecular complexity index is 559. The first-order valence-corrected chi connectivity index (χ1v) is 7.69. The van der Waals surface area contributed by atoms with Crippen LogP contribution in [0, 0.1) is 0 Å². The highest BCUT2D eigenvalue weighted by Crippen LogP contribution is 2.29. The molecule has 0 aromatic carbocycles. The number of aryl methyl sites for hydroxylation is 1. The second-order valence-electron chi connectivity index (χ2n) is 5.61. The minimum Gasteiger partial charge on any atom is -0.295 e. The van der Waals surface area contributed by atoms with Crippen LogP contribution in [-0.2, 0) is 6.42 Å². The molecule has 0 amide bonds. The van der Waals surface area contributed by atoms with Crippen LogP contribution in [-0.4, -0.2) is 43.1 Å². The predicted molar refractivity (Wildman–Crippen MR) is 79.8 cm³/mol. The zero-order valence-electron chi connectivity index (χ0n) is 12.7. The lowest BCUT2D eigenvalue weighted by molar-refractivity contribution is 0.157. The molecule has 6 heteroatoms. The van der Waals surface area contributed by atoms with Gasteiger partial charge >= 0.3 is 0 Å². The second kappa shape index (κ2) is 6.30. The van der Waals surface area contributed by atoms with Crippen LogP contribution in [0.1, 0.15) is 56.0 Å². The lowest BCUT2D eigenvalue weighted by Gasteiger charge is -2.34. The topological polar surface area (TPSA) is 70.6 Å². The molecule has 1 atom stereocenters. The van der Waals surface area contributed by atoms with Gasteiger partial charge in [0.25, 0.3) is 0 Å². The molecule has 1 saturated heterocycles. The molecule has 6 nitrogen and oxygen atoms in total. The van der Waals surface area contributed by atoms with Gasteiger partial charge in [0.1, 0.15) is 5.82 Å². The number of likely N-dealkylation sites (tertiary alicyclic amines) is 1. The number of rotatable bonds is 4. The van der Waals surface area contributed by atoms with E-state index in [0.717, 1.165) is 49.7 Å². The molecule has 0 saturated carbocycles. The van der Waals surface area contributed by atoms with E-state index in [1.807, 2.05) is 6.20 Å². The molecule has 1 aliphatic heterocycles. The average Bonchev–Trinajstić information content (AvgIpc) is 3.04. The Morgan fingerprint density at radius 3 is 2.76 bits per heavy atom. The number of H-pyrrole nitrogens is 1. The van der Waals surface area contributed by atoms with Crippen LogP contribution in [0.15, 0.2) is 18.6 Å². The van der Waals surface area contributed by atoms with Gasteiger partial charge in [0, 0.05) is 30.9 Å². The van der Waals surface area contributed by atoms with Gasteiger partial charge in [-0.15, -0.1) is 0 Å². The van der Waals surface area contributed by atoms with Gasteiger partial charge in [0.2, 0.25) is 0 Å². The van der Waals surface area contributed by atoms with Crippen molar-refractivity contribution in [3.05, 3.63) is 35.9 Å². The highest BCUT2D eigenvalue weighted by Gasteiger charge is 2.27. The molecule has 3 rings (SSSR count). The van der Waals surface area contributed by atoms with E-state index >= 15 is 0 Å². The fourth-order valence-electron chi connectivity index (χ4n) is 2.91. The zero-order valence-corrected chi connectivity index (χ0v) is 12.7. The Morgan fingerprint density at radius 2 is 2.14 bits per heavy atom. The Kier molecular flexibility index (Phi) is 4.24. The third-order valence-corrected chi connectivity index (χ3v) is 4.34. The number of aromatic nitrogens is 5. The lowest BCUT2D eigenvalue weighted by atomic mass is 9.95. The second-order valence-corrected chi connectivity index (χ2v) is 5.61. The summed E-state index contributed by atoms with van der Waals surface area (Å²) in [6.07, 6.45) is 8.46. The summed E-state index contributed by atoms with van der Waals surface area (Å²) in [6, 6.07) is 0.318. The molecule has 1 unspecified atom stereocenters. The summed E-state index contributed by atoms with van der Waals surface area (Å²) >= 11 is 0. The summed E-state index contributed by atoms with van der Waals surface area (Å²) in [4.78, 5) is 15.6. The van der Waals surface area contributed by atoms with Crippen molar-refractivity contribution in [1.82, 2.24) is 30.0 Å². The maximum absolute atomic E-state index is 4.57. The van der Waals surface area contributed by atoms with Crippen molar-refractivity contribution in [2.45, 2.75) is 45.1 Å². The normalized spacial score (nSPS) is 18.8. The van der Waals surface area contributed by atoms with E-state index in [4.69, 9.17) is 0 Å². The van der Waals surface area contributed by atoms with Crippen LogP contribution in [0.25, 0.3) is 0 Å². The van der Waals surface area contributed by atoms with E-state index in [1.165, 1.54) is 0 Å². The Hall–Kier alpha value is -1.82. The lowest BCUT2D eigenvalue weighted by Crippen LogP contribution is -2.35. The van der Waals surface area contributed by atoms with Gasteiger partial charge in [-0.1, -0.05) is 6.92 Å². The van der Waals surface area contributed by atoms with Crippen LogP contribution in [0.2, 0.25) is 0 Å². The maximum Gasteiger partial charge on any atom is 0.153 e. The van der Waals surface area contributed by atoms with Gasteiger partial charge in [-0.3, -0.25) is 20.0 Å². The number of hydrogen-bond donors (Lipinski definition) is 1. The first-order chi connectivity index (χ1) is 10.3. The SMILES string of the molecule is CCc1nc(C2CCN(C(C)c3cnccn3)CC2)n[nH]1. The summed E-state index contributed by atoms with van der Waals surface area (Å²) in [7, 11) is 0. The molecule has 112 valence electrons. The molecule has 1 aliphatic rings. The Morgan fingerprint density at radius 1 is 1.33 bits per heavy atom. The zero-order chi connectivity index (χ0) is 14.7. The van der Waals surface area contributed by atoms with E-state index in [9.17, 15) is 0 Å². The van der Waals surface area contributed by atoms with Crippen molar-refractivity contribution in [3.8, 4) is 0 Å². The van der Waals surface area contributed by atoms with Crippen molar-refractivity contribution in [3.63, 3.8) is 0 Å². The van der Waals surface area contributed by atoms with E-state index < -0.39 is 0 Å². The molecule has 21 heavy (non-hydrogen) atoms. The quantitative estimate of drug-likeness (QED) is 0.932. The van der Waals surface area contributed by atoms with Crippen molar-refractivity contribution in [1.29, 1.82) is 0 Å². The van der Waals surface area contributed by atoms with Gasteiger partial charge in [-0.25, -0.2) is 4.98 Å². The first kappa shape index (κ1) is 14.1. The van der Waals surface area contributed by atoms with Gasteiger partial charge in [0.05, 0.1) is 11.7 Å². The molecule has 3 heterocycles. The number of hydrogen-bond acceptors (Lipinski definition) is 5. The summed E-state index contributed by atoms with van der Waals surface area (Å²) in [5.41, 5.74) is 1.04. The Balaban J connectivity index is 1.60. The molecule has 0 aliphatic carbocycles. The van der Waals surface area contributed by atoms with Crippen molar-refractivity contribution in [2.24, 2.45) is 0 Å². The van der Waals surface area contributed by atoms with E-state index in [0.29, 0.717) is 12.0 Å². The van der Waals surface area contributed by atoms with E-state index in [-0.39, 0.29) is 0 Å². The molecule has 2 aromatic heterocycles. The van der Waals surface area contributed by atoms with Crippen molar-refractivity contribution >= 4 is 0 Å². The van der Waals surface area contributed by atoms with Crippen LogP contribution < -0.4 is 0 Å². The highest BCUT2D eigenvalue weighted by atomic mass is 15.2. The number of nitrogens with zero attached hydrogens (tertiary/aromatic N) is 5. The van der Waals surface area contributed by atoms with Crippen LogP contribution in [0.5, 0.6) is 0 Å². The number of piperidine rings is 1. The minimum atomic E-state index is 0.318. The molecule has 2 aromatic rings. The summed E-state index contributed by atoms with van der Waals surface area (Å²) in [5.74, 6) is 2.45. The number of nitrogens with one attached hydrogen (secondary N) is 1. The largest absolute Gasteiger partial charge is 0.295 e. The van der Waals surface area contributed by atoms with E-state index in [1.54, 1.807) is 12.4 Å². The third kappa shape index (κ3) is 3.10. The van der Waals surface area contributed by atoms with Crippen LogP contribution in [0.3, 0.4) is 0 Å². The van der Waals surface area contributed by atoms with Gasteiger partial charge in [-0.05, 0) is 32.9 Å². The van der Waals surface area contributed by atoms with Crippen molar-refractivity contribution in [2.75, 3.05) is 13.1 Å². The fourth-order valence-corrected chi connectivity index (χ4v) is 2.91. The van der Waals surface area contributed by atoms with Crippen molar-refractivity contribution < 1.29 is 0 Å². The summed E-state index contributed by atoms with van der Waals surface area (Å²) < 4.78 is 0.